The third-order valence-electron chi connectivity index (χ3n) is 4.01. The summed E-state index contributed by atoms with van der Waals surface area (Å²) in [5.41, 5.74) is 1.05. The fourth-order valence-corrected chi connectivity index (χ4v) is 2.76. The standard InChI is InChI=1S/C17H27N3O/c1-2-3-10-17(21)20-16-12-11-15(13-18-16)19-14-8-6-4-5-7-9-14/h11-14,19H,2-10H2,1H3,(H,18,20,21). The van der Waals surface area contributed by atoms with Crippen molar-refractivity contribution in [2.24, 2.45) is 0 Å². The van der Waals surface area contributed by atoms with E-state index in [1.54, 1.807) is 0 Å². The van der Waals surface area contributed by atoms with Crippen molar-refractivity contribution in [3.05, 3.63) is 18.3 Å². The van der Waals surface area contributed by atoms with Gasteiger partial charge in [-0.05, 0) is 31.4 Å². The first-order valence-electron chi connectivity index (χ1n) is 8.30. The van der Waals surface area contributed by atoms with Crippen LogP contribution in [0.5, 0.6) is 0 Å². The zero-order valence-corrected chi connectivity index (χ0v) is 13.0. The summed E-state index contributed by atoms with van der Waals surface area (Å²) in [4.78, 5) is 16.0. The van der Waals surface area contributed by atoms with E-state index in [1.807, 2.05) is 18.3 Å². The Bertz CT molecular complexity index is 422. The molecule has 0 aliphatic heterocycles. The van der Waals surface area contributed by atoms with Gasteiger partial charge in [0.1, 0.15) is 5.82 Å². The third-order valence-corrected chi connectivity index (χ3v) is 4.01. The molecule has 0 bridgehead atoms. The van der Waals surface area contributed by atoms with Gasteiger partial charge >= 0.3 is 0 Å². The smallest absolute Gasteiger partial charge is 0.225 e. The number of hydrogen-bond donors (Lipinski definition) is 2. The number of rotatable bonds is 6. The molecule has 1 saturated carbocycles. The van der Waals surface area contributed by atoms with Gasteiger partial charge in [-0.2, -0.15) is 0 Å². The fraction of sp³-hybridized carbons (Fsp3) is 0.647. The van der Waals surface area contributed by atoms with Crippen molar-refractivity contribution in [2.75, 3.05) is 10.6 Å². The first-order valence-corrected chi connectivity index (χ1v) is 8.30. The number of nitrogens with one attached hydrogen (secondary N) is 2. The molecule has 1 aliphatic rings. The van der Waals surface area contributed by atoms with Gasteiger partial charge in [0.2, 0.25) is 5.91 Å². The summed E-state index contributed by atoms with van der Waals surface area (Å²) in [6, 6.07) is 4.45. The van der Waals surface area contributed by atoms with Crippen LogP contribution < -0.4 is 10.6 Å². The van der Waals surface area contributed by atoms with Crippen molar-refractivity contribution < 1.29 is 4.79 Å². The van der Waals surface area contributed by atoms with Gasteiger partial charge in [-0.1, -0.05) is 39.0 Å². The minimum absolute atomic E-state index is 0.0498. The molecule has 0 atom stereocenters. The molecule has 0 saturated heterocycles. The average molecular weight is 289 g/mol. The van der Waals surface area contributed by atoms with Crippen LogP contribution in [-0.2, 0) is 4.79 Å². The Balaban J connectivity index is 1.82. The van der Waals surface area contributed by atoms with E-state index in [4.69, 9.17) is 0 Å². The van der Waals surface area contributed by atoms with Gasteiger partial charge in [-0.25, -0.2) is 4.98 Å². The fourth-order valence-electron chi connectivity index (χ4n) is 2.76. The van der Waals surface area contributed by atoms with Gasteiger partial charge in [0.15, 0.2) is 0 Å². The number of amides is 1. The molecule has 1 aromatic rings. The number of anilines is 2. The Morgan fingerprint density at radius 2 is 2.00 bits per heavy atom. The first kappa shape index (κ1) is 15.8. The molecule has 1 heterocycles. The van der Waals surface area contributed by atoms with Gasteiger partial charge in [0.25, 0.3) is 0 Å². The summed E-state index contributed by atoms with van der Waals surface area (Å²) in [5.74, 6) is 0.691. The third kappa shape index (κ3) is 5.74. The molecule has 0 radical (unpaired) electrons. The molecule has 1 fully saturated rings. The van der Waals surface area contributed by atoms with Crippen LogP contribution in [0, 0.1) is 0 Å². The quantitative estimate of drug-likeness (QED) is 0.766. The van der Waals surface area contributed by atoms with Crippen LogP contribution in [0.15, 0.2) is 18.3 Å². The molecule has 2 rings (SSSR count). The second kappa shape index (κ2) is 8.65. The van der Waals surface area contributed by atoms with Crippen LogP contribution in [0.1, 0.15) is 64.7 Å². The van der Waals surface area contributed by atoms with Gasteiger partial charge in [0, 0.05) is 12.5 Å². The largest absolute Gasteiger partial charge is 0.381 e. The first-order chi connectivity index (χ1) is 10.3. The predicted molar refractivity (Wildman–Crippen MR) is 87.5 cm³/mol. The molecule has 4 nitrogen and oxygen atoms in total. The van der Waals surface area contributed by atoms with E-state index in [0.717, 1.165) is 18.5 Å². The van der Waals surface area contributed by atoms with E-state index in [9.17, 15) is 4.79 Å². The Morgan fingerprint density at radius 3 is 2.62 bits per heavy atom. The molecule has 4 heteroatoms. The van der Waals surface area contributed by atoms with E-state index in [1.165, 1.54) is 38.5 Å². The minimum Gasteiger partial charge on any atom is -0.381 e. The zero-order chi connectivity index (χ0) is 14.9. The molecule has 0 unspecified atom stereocenters. The van der Waals surface area contributed by atoms with Gasteiger partial charge in [-0.3, -0.25) is 4.79 Å². The maximum absolute atomic E-state index is 11.6. The topological polar surface area (TPSA) is 54.0 Å². The van der Waals surface area contributed by atoms with E-state index in [2.05, 4.69) is 22.5 Å². The number of nitrogens with zero attached hydrogens (tertiary/aromatic N) is 1. The highest BCUT2D eigenvalue weighted by molar-refractivity contribution is 5.89. The summed E-state index contributed by atoms with van der Waals surface area (Å²) in [7, 11) is 0. The highest BCUT2D eigenvalue weighted by atomic mass is 16.1. The molecule has 0 aromatic carbocycles. The SMILES string of the molecule is CCCCC(=O)Nc1ccc(NC2CCCCCC2)cn1. The maximum Gasteiger partial charge on any atom is 0.225 e. The summed E-state index contributed by atoms with van der Waals surface area (Å²) in [6.45, 7) is 2.08. The van der Waals surface area contributed by atoms with Gasteiger partial charge in [-0.15, -0.1) is 0 Å². The Kier molecular flexibility index (Phi) is 6.51. The van der Waals surface area contributed by atoms with Crippen LogP contribution in [0.4, 0.5) is 11.5 Å². The van der Waals surface area contributed by atoms with E-state index < -0.39 is 0 Å². The van der Waals surface area contributed by atoms with E-state index >= 15 is 0 Å². The second-order valence-electron chi connectivity index (χ2n) is 5.92. The zero-order valence-electron chi connectivity index (χ0n) is 13.0. The number of aromatic nitrogens is 1. The van der Waals surface area contributed by atoms with Gasteiger partial charge in [0.05, 0.1) is 11.9 Å². The number of unbranched alkanes of at least 4 members (excludes halogenated alkanes) is 1. The molecule has 21 heavy (non-hydrogen) atoms. The lowest BCUT2D eigenvalue weighted by molar-refractivity contribution is -0.116. The molecule has 1 amide bonds. The lowest BCUT2D eigenvalue weighted by Crippen LogP contribution is -2.18. The van der Waals surface area contributed by atoms with Crippen molar-refractivity contribution in [3.8, 4) is 0 Å². The van der Waals surface area contributed by atoms with Crippen LogP contribution in [0.25, 0.3) is 0 Å². The second-order valence-corrected chi connectivity index (χ2v) is 5.92. The molecule has 2 N–H and O–H groups in total. The van der Waals surface area contributed by atoms with Crippen molar-refractivity contribution in [1.82, 2.24) is 4.98 Å². The van der Waals surface area contributed by atoms with E-state index in [0.29, 0.717) is 18.3 Å². The predicted octanol–water partition coefficient (Wildman–Crippen LogP) is 4.35. The minimum atomic E-state index is 0.0498. The Hall–Kier alpha value is -1.58. The van der Waals surface area contributed by atoms with Crippen LogP contribution >= 0.6 is 0 Å². The lowest BCUT2D eigenvalue weighted by atomic mass is 10.1. The summed E-state index contributed by atoms with van der Waals surface area (Å²) in [5, 5.41) is 6.40. The average Bonchev–Trinajstić information content (AvgIpc) is 2.76. The number of hydrogen-bond acceptors (Lipinski definition) is 3. The summed E-state index contributed by atoms with van der Waals surface area (Å²) in [6.07, 6.45) is 12.2. The molecular formula is C17H27N3O. The molecular weight excluding hydrogens is 262 g/mol. The van der Waals surface area contributed by atoms with Crippen molar-refractivity contribution in [1.29, 1.82) is 0 Å². The number of pyridine rings is 1. The lowest BCUT2D eigenvalue weighted by Gasteiger charge is -2.17. The van der Waals surface area contributed by atoms with Crippen molar-refractivity contribution in [3.63, 3.8) is 0 Å². The highest BCUT2D eigenvalue weighted by Gasteiger charge is 2.12. The Labute approximate surface area is 127 Å². The number of carbonyl (C=O) groups excluding carboxylic acids is 1. The van der Waals surface area contributed by atoms with Crippen molar-refractivity contribution in [2.45, 2.75) is 70.8 Å². The Morgan fingerprint density at radius 1 is 1.24 bits per heavy atom. The highest BCUT2D eigenvalue weighted by Crippen LogP contribution is 2.21. The number of carbonyl (C=O) groups is 1. The molecule has 1 aromatic heterocycles. The van der Waals surface area contributed by atoms with E-state index in [-0.39, 0.29) is 5.91 Å². The molecule has 1 aliphatic carbocycles. The molecule has 116 valence electrons. The maximum atomic E-state index is 11.6. The molecule has 0 spiro atoms. The summed E-state index contributed by atoms with van der Waals surface area (Å²) < 4.78 is 0. The summed E-state index contributed by atoms with van der Waals surface area (Å²) >= 11 is 0. The van der Waals surface area contributed by atoms with Crippen molar-refractivity contribution >= 4 is 17.4 Å². The van der Waals surface area contributed by atoms with Crippen LogP contribution in [0.3, 0.4) is 0 Å². The van der Waals surface area contributed by atoms with Gasteiger partial charge < -0.3 is 10.6 Å². The van der Waals surface area contributed by atoms with Crippen LogP contribution in [-0.4, -0.2) is 16.9 Å². The normalized spacial score (nSPS) is 16.2. The monoisotopic (exact) mass is 289 g/mol. The van der Waals surface area contributed by atoms with Crippen LogP contribution in [0.2, 0.25) is 0 Å².